The highest BCUT2D eigenvalue weighted by Gasteiger charge is 2.19. The SMILES string of the molecule is CCN(CC(=O)NC(C)C)c1c(N)c(C)nn1CC. The maximum atomic E-state index is 11.9. The number of hydrogen-bond acceptors (Lipinski definition) is 4. The van der Waals surface area contributed by atoms with Gasteiger partial charge in [-0.3, -0.25) is 4.79 Å². The lowest BCUT2D eigenvalue weighted by molar-refractivity contribution is -0.120. The fourth-order valence-corrected chi connectivity index (χ4v) is 2.01. The summed E-state index contributed by atoms with van der Waals surface area (Å²) in [6.45, 7) is 11.5. The van der Waals surface area contributed by atoms with Crippen LogP contribution in [0.15, 0.2) is 0 Å². The van der Waals surface area contributed by atoms with Crippen molar-refractivity contribution in [3.05, 3.63) is 5.69 Å². The van der Waals surface area contributed by atoms with Gasteiger partial charge in [0, 0.05) is 19.1 Å². The number of nitrogens with zero attached hydrogens (tertiary/aromatic N) is 3. The Bertz CT molecular complexity index is 438. The first-order valence-electron chi connectivity index (χ1n) is 6.77. The van der Waals surface area contributed by atoms with Gasteiger partial charge < -0.3 is 16.0 Å². The maximum absolute atomic E-state index is 11.9. The standard InChI is InChI=1S/C13H25N5O/c1-6-17(8-11(19)15-9(3)4)13-12(14)10(5)16-18(13)7-2/h9H,6-8,14H2,1-5H3,(H,15,19). The molecule has 1 heterocycles. The largest absolute Gasteiger partial charge is 0.394 e. The van der Waals surface area contributed by atoms with Crippen LogP contribution < -0.4 is 16.0 Å². The van der Waals surface area contributed by atoms with Crippen LogP contribution in [0, 0.1) is 6.92 Å². The predicted molar refractivity (Wildman–Crippen MR) is 78.2 cm³/mol. The molecule has 1 rings (SSSR count). The summed E-state index contributed by atoms with van der Waals surface area (Å²) in [5.74, 6) is 0.833. The average Bonchev–Trinajstić information content (AvgIpc) is 2.61. The zero-order chi connectivity index (χ0) is 14.6. The Morgan fingerprint density at radius 3 is 2.58 bits per heavy atom. The third-order valence-corrected chi connectivity index (χ3v) is 2.91. The molecule has 0 radical (unpaired) electrons. The van der Waals surface area contributed by atoms with Crippen molar-refractivity contribution in [1.29, 1.82) is 0 Å². The van der Waals surface area contributed by atoms with E-state index in [4.69, 9.17) is 5.73 Å². The van der Waals surface area contributed by atoms with E-state index in [2.05, 4.69) is 10.4 Å². The van der Waals surface area contributed by atoms with Crippen LogP contribution in [0.3, 0.4) is 0 Å². The first kappa shape index (κ1) is 15.3. The molecule has 6 nitrogen and oxygen atoms in total. The van der Waals surface area contributed by atoms with Crippen LogP contribution >= 0.6 is 0 Å². The fraction of sp³-hybridized carbons (Fsp3) is 0.692. The number of carbonyl (C=O) groups excluding carboxylic acids is 1. The lowest BCUT2D eigenvalue weighted by Crippen LogP contribution is -2.41. The molecule has 1 aromatic rings. The molecule has 0 bridgehead atoms. The summed E-state index contributed by atoms with van der Waals surface area (Å²) in [4.78, 5) is 13.8. The molecule has 0 aliphatic rings. The Hall–Kier alpha value is -1.72. The molecule has 0 aliphatic carbocycles. The van der Waals surface area contributed by atoms with Crippen LogP contribution in [-0.4, -0.2) is 34.8 Å². The van der Waals surface area contributed by atoms with Crippen LogP contribution in [0.2, 0.25) is 0 Å². The molecular weight excluding hydrogens is 242 g/mol. The normalized spacial score (nSPS) is 10.8. The van der Waals surface area contributed by atoms with Gasteiger partial charge in [-0.05, 0) is 34.6 Å². The number of nitrogens with two attached hydrogens (primary N) is 1. The summed E-state index contributed by atoms with van der Waals surface area (Å²) in [5.41, 5.74) is 7.53. The highest BCUT2D eigenvalue weighted by atomic mass is 16.2. The van der Waals surface area contributed by atoms with E-state index in [0.717, 1.165) is 18.1 Å². The van der Waals surface area contributed by atoms with Gasteiger partial charge in [0.1, 0.15) is 0 Å². The van der Waals surface area contributed by atoms with Crippen molar-refractivity contribution in [1.82, 2.24) is 15.1 Å². The summed E-state index contributed by atoms with van der Waals surface area (Å²) in [7, 11) is 0. The van der Waals surface area contributed by atoms with E-state index in [9.17, 15) is 4.79 Å². The van der Waals surface area contributed by atoms with Crippen molar-refractivity contribution in [2.75, 3.05) is 23.7 Å². The number of anilines is 2. The van der Waals surface area contributed by atoms with Gasteiger partial charge in [-0.25, -0.2) is 4.68 Å². The van der Waals surface area contributed by atoms with Gasteiger partial charge in [-0.15, -0.1) is 0 Å². The number of carbonyl (C=O) groups is 1. The lowest BCUT2D eigenvalue weighted by atomic mass is 10.3. The van der Waals surface area contributed by atoms with E-state index in [-0.39, 0.29) is 11.9 Å². The van der Waals surface area contributed by atoms with Crippen LogP contribution in [-0.2, 0) is 11.3 Å². The molecular formula is C13H25N5O. The number of amides is 1. The minimum Gasteiger partial charge on any atom is -0.394 e. The van der Waals surface area contributed by atoms with Gasteiger partial charge in [0.25, 0.3) is 0 Å². The third-order valence-electron chi connectivity index (χ3n) is 2.91. The molecule has 19 heavy (non-hydrogen) atoms. The maximum Gasteiger partial charge on any atom is 0.239 e. The first-order valence-corrected chi connectivity index (χ1v) is 6.77. The van der Waals surface area contributed by atoms with Crippen molar-refractivity contribution < 1.29 is 4.79 Å². The Morgan fingerprint density at radius 1 is 1.47 bits per heavy atom. The smallest absolute Gasteiger partial charge is 0.239 e. The molecule has 0 aliphatic heterocycles. The molecule has 0 saturated carbocycles. The van der Waals surface area contributed by atoms with Crippen molar-refractivity contribution in [3.63, 3.8) is 0 Å². The number of hydrogen-bond donors (Lipinski definition) is 2. The van der Waals surface area contributed by atoms with E-state index in [1.54, 1.807) is 0 Å². The molecule has 0 aromatic carbocycles. The summed E-state index contributed by atoms with van der Waals surface area (Å²) in [6, 6.07) is 0.140. The Balaban J connectivity index is 2.94. The zero-order valence-corrected chi connectivity index (χ0v) is 12.5. The quantitative estimate of drug-likeness (QED) is 0.810. The highest BCUT2D eigenvalue weighted by Crippen LogP contribution is 2.26. The van der Waals surface area contributed by atoms with Crippen LogP contribution in [0.25, 0.3) is 0 Å². The van der Waals surface area contributed by atoms with Gasteiger partial charge in [0.15, 0.2) is 5.82 Å². The number of rotatable bonds is 6. The second-order valence-corrected chi connectivity index (χ2v) is 4.87. The average molecular weight is 267 g/mol. The molecule has 1 amide bonds. The number of nitrogen functional groups attached to an aromatic ring is 1. The molecule has 0 fully saturated rings. The van der Waals surface area contributed by atoms with Crippen LogP contribution in [0.5, 0.6) is 0 Å². The molecule has 0 saturated heterocycles. The van der Waals surface area contributed by atoms with Gasteiger partial charge in [-0.2, -0.15) is 5.10 Å². The van der Waals surface area contributed by atoms with Crippen LogP contribution in [0.1, 0.15) is 33.4 Å². The van der Waals surface area contributed by atoms with Gasteiger partial charge in [0.2, 0.25) is 5.91 Å². The molecule has 0 spiro atoms. The second kappa shape index (κ2) is 6.45. The lowest BCUT2D eigenvalue weighted by Gasteiger charge is -2.24. The van der Waals surface area contributed by atoms with Crippen molar-refractivity contribution in [2.24, 2.45) is 0 Å². The third kappa shape index (κ3) is 3.62. The molecule has 0 atom stereocenters. The molecule has 0 unspecified atom stereocenters. The summed E-state index contributed by atoms with van der Waals surface area (Å²) < 4.78 is 1.84. The zero-order valence-electron chi connectivity index (χ0n) is 12.5. The van der Waals surface area contributed by atoms with Gasteiger partial charge in [0.05, 0.1) is 17.9 Å². The minimum atomic E-state index is -0.00208. The number of aryl methyl sites for hydroxylation is 2. The topological polar surface area (TPSA) is 76.2 Å². The van der Waals surface area contributed by atoms with Crippen molar-refractivity contribution in [2.45, 2.75) is 47.2 Å². The van der Waals surface area contributed by atoms with Gasteiger partial charge in [-0.1, -0.05) is 0 Å². The van der Waals surface area contributed by atoms with E-state index in [0.29, 0.717) is 18.8 Å². The van der Waals surface area contributed by atoms with E-state index in [1.807, 2.05) is 44.2 Å². The number of nitrogens with one attached hydrogen (secondary N) is 1. The minimum absolute atomic E-state index is 0.00208. The Labute approximate surface area is 114 Å². The number of aromatic nitrogens is 2. The summed E-state index contributed by atoms with van der Waals surface area (Å²) in [5, 5.41) is 7.27. The predicted octanol–water partition coefficient (Wildman–Crippen LogP) is 1.14. The molecule has 3 N–H and O–H groups in total. The highest BCUT2D eigenvalue weighted by molar-refractivity contribution is 5.82. The first-order chi connectivity index (χ1) is 8.90. The van der Waals surface area contributed by atoms with E-state index in [1.165, 1.54) is 0 Å². The molecule has 108 valence electrons. The van der Waals surface area contributed by atoms with Gasteiger partial charge >= 0.3 is 0 Å². The van der Waals surface area contributed by atoms with Crippen molar-refractivity contribution >= 4 is 17.4 Å². The number of likely N-dealkylation sites (N-methyl/N-ethyl adjacent to an activating group) is 1. The summed E-state index contributed by atoms with van der Waals surface area (Å²) >= 11 is 0. The van der Waals surface area contributed by atoms with Crippen molar-refractivity contribution in [3.8, 4) is 0 Å². The Morgan fingerprint density at radius 2 is 2.11 bits per heavy atom. The monoisotopic (exact) mass is 267 g/mol. The Kier molecular flexibility index (Phi) is 5.20. The fourth-order valence-electron chi connectivity index (χ4n) is 2.01. The second-order valence-electron chi connectivity index (χ2n) is 4.87. The van der Waals surface area contributed by atoms with E-state index < -0.39 is 0 Å². The molecule has 6 heteroatoms. The van der Waals surface area contributed by atoms with E-state index >= 15 is 0 Å². The summed E-state index contributed by atoms with van der Waals surface area (Å²) in [6.07, 6.45) is 0. The molecule has 1 aromatic heterocycles. The van der Waals surface area contributed by atoms with Crippen LogP contribution in [0.4, 0.5) is 11.5 Å².